The molecule has 2 aromatic rings. The van der Waals surface area contributed by atoms with Crippen molar-refractivity contribution in [2.45, 2.75) is 33.6 Å². The standard InChI is InChI=1S/C21H24BrN3O4/c1-4-29-18-11-15(10-16(22)21(18)28)12-23-25-20(27)9-8-19(26)24-17-7-5-6-13(2)14(17)3/h5-7,10-12,28H,4,8-9H2,1-3H3,(H,24,26)(H,25,27)/b23-12+. The molecule has 3 N–H and O–H groups in total. The maximum Gasteiger partial charge on any atom is 0.240 e. The molecule has 0 unspecified atom stereocenters. The average molecular weight is 462 g/mol. The highest BCUT2D eigenvalue weighted by Crippen LogP contribution is 2.35. The van der Waals surface area contributed by atoms with Gasteiger partial charge in [-0.05, 0) is 71.6 Å². The normalized spacial score (nSPS) is 10.8. The molecule has 0 aromatic heterocycles. The van der Waals surface area contributed by atoms with Crippen LogP contribution in [0.25, 0.3) is 0 Å². The van der Waals surface area contributed by atoms with Crippen LogP contribution in [0.2, 0.25) is 0 Å². The number of hydrogen-bond acceptors (Lipinski definition) is 5. The number of phenolic OH excluding ortho intramolecular Hbond substituents is 1. The van der Waals surface area contributed by atoms with E-state index in [1.807, 2.05) is 39.0 Å². The van der Waals surface area contributed by atoms with Crippen molar-refractivity contribution in [1.82, 2.24) is 5.43 Å². The molecule has 2 amide bonds. The van der Waals surface area contributed by atoms with Crippen molar-refractivity contribution in [1.29, 1.82) is 0 Å². The highest BCUT2D eigenvalue weighted by Gasteiger charge is 2.10. The average Bonchev–Trinajstić information content (AvgIpc) is 2.68. The lowest BCUT2D eigenvalue weighted by Crippen LogP contribution is -2.21. The zero-order valence-corrected chi connectivity index (χ0v) is 18.2. The van der Waals surface area contributed by atoms with Gasteiger partial charge in [0.2, 0.25) is 11.8 Å². The summed E-state index contributed by atoms with van der Waals surface area (Å²) in [4.78, 5) is 24.0. The third kappa shape index (κ3) is 6.60. The lowest BCUT2D eigenvalue weighted by molar-refractivity contribution is -0.124. The van der Waals surface area contributed by atoms with Gasteiger partial charge >= 0.3 is 0 Å². The zero-order chi connectivity index (χ0) is 21.4. The lowest BCUT2D eigenvalue weighted by atomic mass is 10.1. The summed E-state index contributed by atoms with van der Waals surface area (Å²) < 4.78 is 5.80. The highest BCUT2D eigenvalue weighted by molar-refractivity contribution is 9.10. The number of rotatable bonds is 8. The Bertz CT molecular complexity index is 928. The Morgan fingerprint density at radius 3 is 2.66 bits per heavy atom. The zero-order valence-electron chi connectivity index (χ0n) is 16.6. The van der Waals surface area contributed by atoms with Crippen LogP contribution in [-0.4, -0.2) is 29.7 Å². The van der Waals surface area contributed by atoms with Gasteiger partial charge in [-0.2, -0.15) is 5.10 Å². The van der Waals surface area contributed by atoms with Gasteiger partial charge in [-0.3, -0.25) is 9.59 Å². The van der Waals surface area contributed by atoms with Crippen LogP contribution in [0.15, 0.2) is 39.9 Å². The number of halogens is 1. The number of phenols is 1. The summed E-state index contributed by atoms with van der Waals surface area (Å²) in [5, 5.41) is 16.6. The summed E-state index contributed by atoms with van der Waals surface area (Å²) in [5.41, 5.74) is 5.85. The Hall–Kier alpha value is -2.87. The first kappa shape index (κ1) is 22.4. The summed E-state index contributed by atoms with van der Waals surface area (Å²) in [5.74, 6) is -0.289. The minimum absolute atomic E-state index is 0.00268. The maximum atomic E-state index is 12.1. The molecule has 0 atom stereocenters. The van der Waals surface area contributed by atoms with Crippen LogP contribution in [0, 0.1) is 13.8 Å². The minimum Gasteiger partial charge on any atom is -0.503 e. The molecule has 0 bridgehead atoms. The number of aromatic hydroxyl groups is 1. The maximum absolute atomic E-state index is 12.1. The third-order valence-electron chi connectivity index (χ3n) is 4.21. The summed E-state index contributed by atoms with van der Waals surface area (Å²) in [7, 11) is 0. The van der Waals surface area contributed by atoms with Crippen LogP contribution in [0.1, 0.15) is 36.5 Å². The van der Waals surface area contributed by atoms with Gasteiger partial charge in [0.05, 0.1) is 17.3 Å². The Morgan fingerprint density at radius 2 is 1.93 bits per heavy atom. The minimum atomic E-state index is -0.375. The monoisotopic (exact) mass is 461 g/mol. The number of amides is 2. The molecule has 154 valence electrons. The number of ether oxygens (including phenoxy) is 1. The molecule has 0 aliphatic rings. The van der Waals surface area contributed by atoms with Gasteiger partial charge in [0.15, 0.2) is 11.5 Å². The first-order valence-electron chi connectivity index (χ1n) is 9.15. The molecule has 2 rings (SSSR count). The van der Waals surface area contributed by atoms with Crippen LogP contribution >= 0.6 is 15.9 Å². The molecule has 0 spiro atoms. The predicted octanol–water partition coefficient (Wildman–Crippen LogP) is 4.04. The van der Waals surface area contributed by atoms with E-state index in [2.05, 4.69) is 31.8 Å². The molecule has 29 heavy (non-hydrogen) atoms. The number of aryl methyl sites for hydroxylation is 1. The number of anilines is 1. The van der Waals surface area contributed by atoms with Crippen molar-refractivity contribution in [2.75, 3.05) is 11.9 Å². The van der Waals surface area contributed by atoms with Crippen molar-refractivity contribution in [3.63, 3.8) is 0 Å². The molecule has 0 fully saturated rings. The van der Waals surface area contributed by atoms with Crippen molar-refractivity contribution in [3.8, 4) is 11.5 Å². The van der Waals surface area contributed by atoms with E-state index in [1.54, 1.807) is 12.1 Å². The van der Waals surface area contributed by atoms with E-state index >= 15 is 0 Å². The second-order valence-corrected chi connectivity index (χ2v) is 7.23. The summed E-state index contributed by atoms with van der Waals surface area (Å²) in [6.45, 7) is 6.12. The van der Waals surface area contributed by atoms with E-state index in [-0.39, 0.29) is 30.4 Å². The fourth-order valence-electron chi connectivity index (χ4n) is 2.49. The Balaban J connectivity index is 1.85. The molecule has 8 heteroatoms. The summed E-state index contributed by atoms with van der Waals surface area (Å²) in [6, 6.07) is 8.93. The van der Waals surface area contributed by atoms with Crippen LogP contribution < -0.4 is 15.5 Å². The van der Waals surface area contributed by atoms with E-state index < -0.39 is 0 Å². The predicted molar refractivity (Wildman–Crippen MR) is 116 cm³/mol. The SMILES string of the molecule is CCOc1cc(/C=N/NC(=O)CCC(=O)Nc2cccc(C)c2C)cc(Br)c1O. The topological polar surface area (TPSA) is 100 Å². The third-order valence-corrected chi connectivity index (χ3v) is 4.82. The van der Waals surface area contributed by atoms with E-state index in [4.69, 9.17) is 4.74 Å². The quantitative estimate of drug-likeness (QED) is 0.407. The first-order valence-corrected chi connectivity index (χ1v) is 9.94. The van der Waals surface area contributed by atoms with Crippen molar-refractivity contribution in [3.05, 3.63) is 51.5 Å². The van der Waals surface area contributed by atoms with E-state index in [9.17, 15) is 14.7 Å². The van der Waals surface area contributed by atoms with Crippen LogP contribution in [0.3, 0.4) is 0 Å². The van der Waals surface area contributed by atoms with Crippen molar-refractivity contribution >= 4 is 39.6 Å². The Kier molecular flexibility index (Phi) is 8.21. The molecule has 0 radical (unpaired) electrons. The largest absolute Gasteiger partial charge is 0.503 e. The summed E-state index contributed by atoms with van der Waals surface area (Å²) >= 11 is 3.24. The molecule has 0 aliphatic heterocycles. The second-order valence-electron chi connectivity index (χ2n) is 6.37. The Labute approximate surface area is 178 Å². The van der Waals surface area contributed by atoms with Gasteiger partial charge < -0.3 is 15.2 Å². The number of benzene rings is 2. The van der Waals surface area contributed by atoms with Crippen LogP contribution in [-0.2, 0) is 9.59 Å². The first-order chi connectivity index (χ1) is 13.8. The Morgan fingerprint density at radius 1 is 1.21 bits per heavy atom. The van der Waals surface area contributed by atoms with E-state index in [1.165, 1.54) is 6.21 Å². The highest BCUT2D eigenvalue weighted by atomic mass is 79.9. The smallest absolute Gasteiger partial charge is 0.240 e. The number of nitrogens with one attached hydrogen (secondary N) is 2. The number of carbonyl (C=O) groups is 2. The van der Waals surface area contributed by atoms with Gasteiger partial charge in [0.1, 0.15) is 0 Å². The molecule has 0 aliphatic carbocycles. The summed E-state index contributed by atoms with van der Waals surface area (Å²) in [6.07, 6.45) is 1.49. The van der Waals surface area contributed by atoms with Crippen molar-refractivity contribution in [2.24, 2.45) is 5.10 Å². The molecule has 0 saturated heterocycles. The number of nitrogens with zero attached hydrogens (tertiary/aromatic N) is 1. The van der Waals surface area contributed by atoms with Gasteiger partial charge in [-0.1, -0.05) is 12.1 Å². The van der Waals surface area contributed by atoms with E-state index in [0.29, 0.717) is 22.4 Å². The van der Waals surface area contributed by atoms with Crippen molar-refractivity contribution < 1.29 is 19.4 Å². The van der Waals surface area contributed by atoms with Gasteiger partial charge in [0.25, 0.3) is 0 Å². The molecular weight excluding hydrogens is 438 g/mol. The van der Waals surface area contributed by atoms with Gasteiger partial charge in [-0.15, -0.1) is 0 Å². The lowest BCUT2D eigenvalue weighted by Gasteiger charge is -2.10. The van der Waals surface area contributed by atoms with Gasteiger partial charge in [-0.25, -0.2) is 5.43 Å². The fourth-order valence-corrected chi connectivity index (χ4v) is 2.95. The molecule has 7 nitrogen and oxygen atoms in total. The molecule has 0 heterocycles. The number of hydrazone groups is 1. The van der Waals surface area contributed by atoms with Crippen LogP contribution in [0.5, 0.6) is 11.5 Å². The molecule has 2 aromatic carbocycles. The van der Waals surface area contributed by atoms with E-state index in [0.717, 1.165) is 16.8 Å². The number of carbonyl (C=O) groups excluding carboxylic acids is 2. The van der Waals surface area contributed by atoms with Gasteiger partial charge in [0, 0.05) is 18.5 Å². The molecular formula is C21H24BrN3O4. The molecule has 0 saturated carbocycles. The fraction of sp³-hybridized carbons (Fsp3) is 0.286. The second kappa shape index (κ2) is 10.6. The number of hydrogen-bond donors (Lipinski definition) is 3. The van der Waals surface area contributed by atoms with Crippen LogP contribution in [0.4, 0.5) is 5.69 Å².